The van der Waals surface area contributed by atoms with Gasteiger partial charge in [0, 0.05) is 23.7 Å². The molecule has 1 aliphatic rings. The van der Waals surface area contributed by atoms with Gasteiger partial charge < -0.3 is 18.2 Å². The van der Waals surface area contributed by atoms with Crippen molar-refractivity contribution in [2.75, 3.05) is 13.2 Å². The lowest BCUT2D eigenvalue weighted by Gasteiger charge is -2.33. The third kappa shape index (κ3) is 14.4. The number of allylic oxidation sites excluding steroid dienone is 1. The topological polar surface area (TPSA) is 65.0 Å². The Balaban J connectivity index is 0.000000661. The summed E-state index contributed by atoms with van der Waals surface area (Å²) in [6.07, 6.45) is 10.9. The standard InChI is InChI=1S/C12H22BO3S.C12H20BO2S/c1-4-6-10(14)7-5-8-11(15)12(2,3)9-16-17-13;1-4-6-10-7-5-8-11(15-10)12(2,3)9-14-16-13/h4,10,13-14H,1,5-9H2,2-3H3;4,8,10,13H,1,5-7,9H2,2-3H3/t2*10-/m11/s1/i2*13T. The van der Waals surface area contributed by atoms with Crippen molar-refractivity contribution in [2.45, 2.75) is 84.8 Å². The lowest BCUT2D eigenvalue weighted by atomic mass is 9.86. The van der Waals surface area contributed by atoms with Crippen LogP contribution < -0.4 is 0 Å². The molecule has 1 aliphatic heterocycles. The van der Waals surface area contributed by atoms with Crippen LogP contribution in [0.1, 0.15) is 72.6 Å². The Labute approximate surface area is 215 Å². The lowest BCUT2D eigenvalue weighted by molar-refractivity contribution is -0.128. The Hall–Kier alpha value is -0.600. The van der Waals surface area contributed by atoms with Crippen LogP contribution in [0.2, 0.25) is 0 Å². The molecule has 0 aromatic carbocycles. The van der Waals surface area contributed by atoms with Gasteiger partial charge in [0.05, 0.1) is 19.3 Å². The van der Waals surface area contributed by atoms with Gasteiger partial charge in [0.25, 0.3) is 0 Å². The smallest absolute Gasteiger partial charge is 0.209 e. The summed E-state index contributed by atoms with van der Waals surface area (Å²) in [5.74, 6) is 1.13. The van der Waals surface area contributed by atoms with E-state index in [0.29, 0.717) is 38.9 Å². The fourth-order valence-electron chi connectivity index (χ4n) is 3.14. The van der Waals surface area contributed by atoms with Crippen molar-refractivity contribution in [1.82, 2.24) is 0 Å². The SMILES string of the molecule is [3H][B]SOCC(C)(C)C(=O)CCC[C@H](O)CC=C.[3H][B]SOCC(C)(C)C1=CCC[C@@H](CC=C)O1. The molecule has 186 valence electrons. The van der Waals surface area contributed by atoms with Crippen molar-refractivity contribution in [3.8, 4) is 0 Å². The summed E-state index contributed by atoms with van der Waals surface area (Å²) in [5, 5.41) is 9.50. The monoisotopic (exact) mass is 500 g/mol. The molecule has 0 bridgehead atoms. The molecule has 1 heterocycles. The van der Waals surface area contributed by atoms with Crippen LogP contribution in [0.5, 0.6) is 0 Å². The minimum absolute atomic E-state index is 0.124. The van der Waals surface area contributed by atoms with Gasteiger partial charge in [0.15, 0.2) is 0 Å². The van der Waals surface area contributed by atoms with Gasteiger partial charge in [0.2, 0.25) is 14.2 Å². The normalized spacial score (nSPS) is 17.7. The Bertz CT molecular complexity index is 651. The maximum absolute atomic E-state index is 12.0. The summed E-state index contributed by atoms with van der Waals surface area (Å²) in [5.41, 5.74) is -0.685. The number of carbonyl (C=O) groups excluding carboxylic acids is 1. The van der Waals surface area contributed by atoms with Gasteiger partial charge in [-0.1, -0.05) is 63.6 Å². The average molecular weight is 500 g/mol. The minimum Gasteiger partial charge on any atom is -0.494 e. The van der Waals surface area contributed by atoms with Crippen LogP contribution in [0.3, 0.4) is 0 Å². The maximum Gasteiger partial charge on any atom is 0.209 e. The second-order valence-electron chi connectivity index (χ2n) is 9.39. The number of hydrogen-bond acceptors (Lipinski definition) is 7. The number of rotatable bonds is 18. The van der Waals surface area contributed by atoms with E-state index in [2.05, 4.69) is 33.1 Å². The van der Waals surface area contributed by atoms with Crippen molar-refractivity contribution in [3.05, 3.63) is 37.1 Å². The molecule has 0 saturated heterocycles. The van der Waals surface area contributed by atoms with Crippen molar-refractivity contribution in [3.63, 3.8) is 0 Å². The maximum atomic E-state index is 12.0. The molecule has 0 unspecified atom stereocenters. The second kappa shape index (κ2) is 17.8. The van der Waals surface area contributed by atoms with Gasteiger partial charge in [-0.05, 0) is 40.9 Å². The Morgan fingerprint density at radius 2 is 1.97 bits per heavy atom. The number of ether oxygens (including phenoxy) is 1. The molecule has 5 nitrogen and oxygen atoms in total. The highest BCUT2D eigenvalue weighted by Crippen LogP contribution is 2.34. The van der Waals surface area contributed by atoms with E-state index in [0.717, 1.165) is 55.9 Å². The molecule has 0 aromatic heterocycles. The molecule has 9 heteroatoms. The average Bonchev–Trinajstić information content (AvgIpc) is 2.80. The lowest BCUT2D eigenvalue weighted by Crippen LogP contribution is -2.28. The molecule has 2 atom stereocenters. The predicted octanol–water partition coefficient (Wildman–Crippen LogP) is 5.30. The zero-order chi connectivity index (χ0) is 26.7. The van der Waals surface area contributed by atoms with Crippen LogP contribution in [0.25, 0.3) is 0 Å². The van der Waals surface area contributed by atoms with Crippen LogP contribution in [0.15, 0.2) is 37.1 Å². The number of aliphatic hydroxyl groups is 1. The molecule has 2 radical (unpaired) electrons. The summed E-state index contributed by atoms with van der Waals surface area (Å²) in [7, 11) is 2.28. The fourth-order valence-corrected chi connectivity index (χ4v) is 3.86. The van der Waals surface area contributed by atoms with E-state index in [-0.39, 0.29) is 17.3 Å². The van der Waals surface area contributed by atoms with Crippen LogP contribution in [-0.2, 0) is 17.9 Å². The zero-order valence-electron chi connectivity index (χ0n) is 22.7. The van der Waals surface area contributed by atoms with Gasteiger partial charge >= 0.3 is 0 Å². The fraction of sp³-hybridized carbons (Fsp3) is 0.708. The molecule has 0 fully saturated rings. The van der Waals surface area contributed by atoms with Gasteiger partial charge in [0.1, 0.15) is 17.6 Å². The summed E-state index contributed by atoms with van der Waals surface area (Å²) < 4.78 is 30.1. The summed E-state index contributed by atoms with van der Waals surface area (Å²) in [6, 6.07) is 0. The van der Waals surface area contributed by atoms with Gasteiger partial charge in [-0.25, -0.2) is 0 Å². The molecule has 0 spiro atoms. The molecule has 0 aliphatic carbocycles. The highest BCUT2D eigenvalue weighted by molar-refractivity contribution is 8.16. The van der Waals surface area contributed by atoms with Gasteiger partial charge in [-0.3, -0.25) is 4.79 Å². The van der Waals surface area contributed by atoms with Crippen molar-refractivity contribution in [2.24, 2.45) is 10.8 Å². The van der Waals surface area contributed by atoms with E-state index < -0.39 is 11.5 Å². The van der Waals surface area contributed by atoms with Crippen molar-refractivity contribution in [1.29, 1.82) is 2.67 Å². The van der Waals surface area contributed by atoms with Crippen LogP contribution in [0, 0.1) is 10.8 Å². The van der Waals surface area contributed by atoms with Gasteiger partial charge in [-0.15, -0.1) is 13.2 Å². The summed E-state index contributed by atoms with van der Waals surface area (Å²) in [4.78, 5) is 12.0. The zero-order valence-corrected chi connectivity index (χ0v) is 22.3. The Kier molecular flexibility index (Phi) is 15.4. The van der Waals surface area contributed by atoms with E-state index >= 15 is 0 Å². The van der Waals surface area contributed by atoms with Crippen LogP contribution in [-0.4, -0.2) is 53.2 Å². The van der Waals surface area contributed by atoms with E-state index in [1.807, 2.05) is 19.9 Å². The highest BCUT2D eigenvalue weighted by atomic mass is 32.2. The van der Waals surface area contributed by atoms with Crippen LogP contribution in [0.4, 0.5) is 0 Å². The third-order valence-electron chi connectivity index (χ3n) is 5.32. The molecule has 1 rings (SSSR count). The second-order valence-corrected chi connectivity index (χ2v) is 10.2. The van der Waals surface area contributed by atoms with Crippen LogP contribution >= 0.6 is 23.8 Å². The number of hydrogen-bond donors (Lipinski definition) is 1. The summed E-state index contributed by atoms with van der Waals surface area (Å²) >= 11 is 1.98. The quantitative estimate of drug-likeness (QED) is 0.119. The third-order valence-corrected chi connectivity index (χ3v) is 5.83. The highest BCUT2D eigenvalue weighted by Gasteiger charge is 2.29. The van der Waals surface area contributed by atoms with E-state index in [9.17, 15) is 9.90 Å². The largest absolute Gasteiger partial charge is 0.494 e. The molecule has 1 N–H and O–H groups in total. The molecular formula is C24H42B2O5S2. The minimum atomic E-state index is -0.542. The molecule has 0 amide bonds. The van der Waals surface area contributed by atoms with E-state index in [1.165, 1.54) is 7.09 Å². The molecule has 0 saturated carbocycles. The molecule has 33 heavy (non-hydrogen) atoms. The Morgan fingerprint density at radius 1 is 1.30 bits per heavy atom. The first-order valence-corrected chi connectivity index (χ1v) is 12.9. The number of aliphatic hydroxyl groups excluding tert-OH is 1. The first-order chi connectivity index (χ1) is 16.5. The summed E-state index contributed by atoms with van der Waals surface area (Å²) in [6.45, 7) is 16.0. The van der Waals surface area contributed by atoms with Crippen molar-refractivity contribution < 1.29 is 23.0 Å². The number of Topliss-reactive ketones (excluding diaryl/α,β-unsaturated/α-hetero) is 1. The number of ketones is 1. The van der Waals surface area contributed by atoms with E-state index in [4.69, 9.17) is 15.8 Å². The predicted molar refractivity (Wildman–Crippen MR) is 146 cm³/mol. The Morgan fingerprint density at radius 3 is 2.58 bits per heavy atom. The first-order valence-electron chi connectivity index (χ1n) is 12.5. The number of carbonyl (C=O) groups is 1. The van der Waals surface area contributed by atoms with Gasteiger partial charge in [-0.2, -0.15) is 0 Å². The molecular weight excluding hydrogens is 454 g/mol. The first kappa shape index (κ1) is 28.6. The van der Waals surface area contributed by atoms with E-state index in [1.54, 1.807) is 6.08 Å². The van der Waals surface area contributed by atoms with Crippen molar-refractivity contribution >= 4 is 43.7 Å². The molecule has 0 aromatic rings.